The van der Waals surface area contributed by atoms with Crippen molar-refractivity contribution in [1.82, 2.24) is 9.13 Å². The highest BCUT2D eigenvalue weighted by atomic mass is 16.5. The van der Waals surface area contributed by atoms with Crippen LogP contribution in [-0.4, -0.2) is 34.6 Å². The van der Waals surface area contributed by atoms with Crippen molar-refractivity contribution in [3.63, 3.8) is 0 Å². The molecule has 3 aromatic rings. The zero-order valence-electron chi connectivity index (χ0n) is 20.6. The number of aromatic nitrogens is 2. The van der Waals surface area contributed by atoms with Crippen molar-refractivity contribution in [3.8, 4) is 11.5 Å². The summed E-state index contributed by atoms with van der Waals surface area (Å²) in [5, 5.41) is 0. The molecule has 2 aromatic carbocycles. The number of Topliss-reactive ketones (excluding diaryl/α,β-unsaturated/α-hetero) is 1. The summed E-state index contributed by atoms with van der Waals surface area (Å²) in [4.78, 5) is 50.4. The summed E-state index contributed by atoms with van der Waals surface area (Å²) in [6.45, 7) is 3.54. The molecule has 36 heavy (non-hydrogen) atoms. The molecular weight excluding hydrogens is 466 g/mol. The van der Waals surface area contributed by atoms with E-state index in [4.69, 9.17) is 19.9 Å². The Morgan fingerprint density at radius 1 is 1.03 bits per heavy atom. The van der Waals surface area contributed by atoms with Crippen LogP contribution < -0.4 is 26.5 Å². The molecule has 0 atom stereocenters. The minimum absolute atomic E-state index is 0.0397. The number of nitrogen functional groups attached to an aromatic ring is 1. The predicted molar refractivity (Wildman–Crippen MR) is 134 cm³/mol. The number of anilines is 1. The minimum atomic E-state index is -0.847. The zero-order chi connectivity index (χ0) is 26.4. The molecule has 190 valence electrons. The van der Waals surface area contributed by atoms with Crippen LogP contribution in [0.2, 0.25) is 0 Å². The van der Waals surface area contributed by atoms with E-state index in [2.05, 4.69) is 0 Å². The largest absolute Gasteiger partial charge is 0.493 e. The summed E-state index contributed by atoms with van der Waals surface area (Å²) in [5.41, 5.74) is 5.22. The molecule has 0 radical (unpaired) electrons. The number of carbonyl (C=O) groups is 2. The van der Waals surface area contributed by atoms with Gasteiger partial charge in [-0.15, -0.1) is 0 Å². The van der Waals surface area contributed by atoms with Crippen LogP contribution in [0, 0.1) is 5.92 Å². The van der Waals surface area contributed by atoms with Gasteiger partial charge in [0.15, 0.2) is 18.1 Å². The quantitative estimate of drug-likeness (QED) is 0.335. The van der Waals surface area contributed by atoms with Crippen molar-refractivity contribution in [2.45, 2.75) is 27.0 Å². The van der Waals surface area contributed by atoms with E-state index in [1.807, 2.05) is 44.2 Å². The van der Waals surface area contributed by atoms with E-state index in [1.54, 1.807) is 6.07 Å². The molecule has 1 aromatic heterocycles. The molecule has 3 rings (SSSR count). The molecule has 0 saturated heterocycles. The predicted octanol–water partition coefficient (Wildman–Crippen LogP) is 2.41. The van der Waals surface area contributed by atoms with Crippen LogP contribution in [0.25, 0.3) is 0 Å². The maximum Gasteiger partial charge on any atom is 0.338 e. The molecule has 0 aliphatic heterocycles. The Morgan fingerprint density at radius 3 is 2.36 bits per heavy atom. The molecule has 0 bridgehead atoms. The van der Waals surface area contributed by atoms with Gasteiger partial charge in [0, 0.05) is 13.6 Å². The standard InChI is InChI=1S/C26H29N3O7/c1-16(2)13-29-23(27)22(24(31)28(3)26(29)33)19(30)15-36-25(32)18-10-11-20(21(12-18)34-4)35-14-17-8-6-5-7-9-17/h5-12,16H,13-15,27H2,1-4H3. The van der Waals surface area contributed by atoms with Gasteiger partial charge in [0.25, 0.3) is 5.56 Å². The summed E-state index contributed by atoms with van der Waals surface area (Å²) in [6, 6.07) is 14.0. The molecule has 1 heterocycles. The summed E-state index contributed by atoms with van der Waals surface area (Å²) in [5.74, 6) is -1.09. The lowest BCUT2D eigenvalue weighted by Gasteiger charge is -2.16. The summed E-state index contributed by atoms with van der Waals surface area (Å²) in [6.07, 6.45) is 0. The van der Waals surface area contributed by atoms with E-state index in [9.17, 15) is 19.2 Å². The number of carbonyl (C=O) groups excluding carboxylic acids is 2. The van der Waals surface area contributed by atoms with Gasteiger partial charge in [-0.2, -0.15) is 0 Å². The number of hydrogen-bond donors (Lipinski definition) is 1. The van der Waals surface area contributed by atoms with E-state index >= 15 is 0 Å². The Balaban J connectivity index is 1.74. The Bertz CT molecular complexity index is 1370. The average molecular weight is 496 g/mol. The normalized spacial score (nSPS) is 10.8. The van der Waals surface area contributed by atoms with Crippen LogP contribution >= 0.6 is 0 Å². The number of rotatable bonds is 10. The van der Waals surface area contributed by atoms with Gasteiger partial charge in [0.2, 0.25) is 5.78 Å². The van der Waals surface area contributed by atoms with Gasteiger partial charge in [0.1, 0.15) is 18.0 Å². The molecule has 2 N–H and O–H groups in total. The lowest BCUT2D eigenvalue weighted by Crippen LogP contribution is -2.43. The zero-order valence-corrected chi connectivity index (χ0v) is 20.6. The Hall–Kier alpha value is -4.34. The lowest BCUT2D eigenvalue weighted by atomic mass is 10.1. The van der Waals surface area contributed by atoms with Crippen LogP contribution in [0.3, 0.4) is 0 Å². The Labute approximate surface area is 207 Å². The van der Waals surface area contributed by atoms with E-state index < -0.39 is 35.2 Å². The highest BCUT2D eigenvalue weighted by Crippen LogP contribution is 2.29. The maximum absolute atomic E-state index is 12.8. The van der Waals surface area contributed by atoms with E-state index in [0.717, 1.165) is 10.1 Å². The van der Waals surface area contributed by atoms with Crippen molar-refractivity contribution >= 4 is 17.6 Å². The van der Waals surface area contributed by atoms with Crippen molar-refractivity contribution in [2.75, 3.05) is 19.5 Å². The number of ether oxygens (including phenoxy) is 3. The van der Waals surface area contributed by atoms with Gasteiger partial charge < -0.3 is 19.9 Å². The SMILES string of the molecule is COc1cc(C(=O)OCC(=O)c2c(N)n(CC(C)C)c(=O)n(C)c2=O)ccc1OCc1ccccc1. The van der Waals surface area contributed by atoms with Crippen molar-refractivity contribution in [2.24, 2.45) is 13.0 Å². The first-order valence-corrected chi connectivity index (χ1v) is 11.3. The molecule has 10 nitrogen and oxygen atoms in total. The topological polar surface area (TPSA) is 132 Å². The first-order chi connectivity index (χ1) is 17.1. The van der Waals surface area contributed by atoms with E-state index in [1.165, 1.54) is 30.9 Å². The van der Waals surface area contributed by atoms with Gasteiger partial charge in [-0.3, -0.25) is 18.7 Å². The van der Waals surface area contributed by atoms with Crippen molar-refractivity contribution in [1.29, 1.82) is 0 Å². The van der Waals surface area contributed by atoms with Crippen LogP contribution in [-0.2, 0) is 24.9 Å². The molecular formula is C26H29N3O7. The van der Waals surface area contributed by atoms with Crippen LogP contribution in [0.4, 0.5) is 5.82 Å². The van der Waals surface area contributed by atoms with Gasteiger partial charge in [-0.25, -0.2) is 9.59 Å². The van der Waals surface area contributed by atoms with E-state index in [0.29, 0.717) is 18.1 Å². The smallest absolute Gasteiger partial charge is 0.338 e. The third kappa shape index (κ3) is 5.83. The molecule has 0 spiro atoms. The Kier molecular flexibility index (Phi) is 8.31. The summed E-state index contributed by atoms with van der Waals surface area (Å²) >= 11 is 0. The van der Waals surface area contributed by atoms with Gasteiger partial charge in [-0.05, 0) is 29.7 Å². The van der Waals surface area contributed by atoms with Crippen LogP contribution in [0.15, 0.2) is 58.1 Å². The van der Waals surface area contributed by atoms with Crippen molar-refractivity contribution in [3.05, 3.63) is 86.1 Å². The number of benzene rings is 2. The molecule has 0 aliphatic rings. The van der Waals surface area contributed by atoms with Crippen LogP contribution in [0.5, 0.6) is 11.5 Å². The summed E-state index contributed by atoms with van der Waals surface area (Å²) < 4.78 is 18.2. The minimum Gasteiger partial charge on any atom is -0.493 e. The molecule has 0 fully saturated rings. The number of esters is 1. The molecule has 0 saturated carbocycles. The van der Waals surface area contributed by atoms with Crippen LogP contribution in [0.1, 0.15) is 40.1 Å². The monoisotopic (exact) mass is 495 g/mol. The second-order valence-corrected chi connectivity index (χ2v) is 8.55. The van der Waals surface area contributed by atoms with Gasteiger partial charge in [0.05, 0.1) is 12.7 Å². The van der Waals surface area contributed by atoms with Crippen molar-refractivity contribution < 1.29 is 23.8 Å². The Morgan fingerprint density at radius 2 is 1.72 bits per heavy atom. The fourth-order valence-electron chi connectivity index (χ4n) is 3.52. The summed E-state index contributed by atoms with van der Waals surface area (Å²) in [7, 11) is 2.70. The molecule has 10 heteroatoms. The first kappa shape index (κ1) is 26.3. The average Bonchev–Trinajstić information content (AvgIpc) is 2.87. The third-order valence-electron chi connectivity index (χ3n) is 5.38. The second kappa shape index (κ2) is 11.4. The first-order valence-electron chi connectivity index (χ1n) is 11.3. The number of ketones is 1. The highest BCUT2D eigenvalue weighted by molar-refractivity contribution is 6.02. The second-order valence-electron chi connectivity index (χ2n) is 8.55. The number of nitrogens with zero attached hydrogens (tertiary/aromatic N) is 2. The van der Waals surface area contributed by atoms with Gasteiger partial charge >= 0.3 is 11.7 Å². The third-order valence-corrected chi connectivity index (χ3v) is 5.38. The number of hydrogen-bond acceptors (Lipinski definition) is 8. The molecule has 0 unspecified atom stereocenters. The fraction of sp³-hybridized carbons (Fsp3) is 0.308. The number of nitrogens with two attached hydrogens (primary N) is 1. The van der Waals surface area contributed by atoms with Gasteiger partial charge in [-0.1, -0.05) is 44.2 Å². The number of methoxy groups -OCH3 is 1. The fourth-order valence-corrected chi connectivity index (χ4v) is 3.52. The maximum atomic E-state index is 12.8. The highest BCUT2D eigenvalue weighted by Gasteiger charge is 2.23. The molecule has 0 aliphatic carbocycles. The molecule has 0 amide bonds. The van der Waals surface area contributed by atoms with E-state index in [-0.39, 0.29) is 23.8 Å². The lowest BCUT2D eigenvalue weighted by molar-refractivity contribution is 0.0473.